The number of H-pyrrole nitrogens is 1. The summed E-state index contributed by atoms with van der Waals surface area (Å²) in [6.45, 7) is 5.19. The maximum Gasteiger partial charge on any atom is 0.326 e. The molecule has 2 rings (SSSR count). The highest BCUT2D eigenvalue weighted by Crippen LogP contribution is 2.22. The third-order valence-corrected chi connectivity index (χ3v) is 3.66. The van der Waals surface area contributed by atoms with Crippen LogP contribution in [0.25, 0.3) is 11.4 Å². The van der Waals surface area contributed by atoms with Crippen molar-refractivity contribution in [2.75, 3.05) is 7.11 Å². The molecule has 2 aromatic rings. The maximum atomic E-state index is 12.4. The van der Waals surface area contributed by atoms with Crippen molar-refractivity contribution in [3.63, 3.8) is 0 Å². The minimum atomic E-state index is -1.07. The molecular formula is C17H21N3O4. The fourth-order valence-electron chi connectivity index (χ4n) is 2.31. The smallest absolute Gasteiger partial charge is 0.326 e. The van der Waals surface area contributed by atoms with Gasteiger partial charge in [0.2, 0.25) is 0 Å². The molecule has 1 amide bonds. The van der Waals surface area contributed by atoms with Crippen molar-refractivity contribution < 1.29 is 19.4 Å². The number of ether oxygens (including phenoxy) is 1. The van der Waals surface area contributed by atoms with Crippen molar-refractivity contribution in [1.29, 1.82) is 0 Å². The van der Waals surface area contributed by atoms with Gasteiger partial charge in [0.05, 0.1) is 7.11 Å². The van der Waals surface area contributed by atoms with Crippen LogP contribution >= 0.6 is 0 Å². The molecule has 3 N–H and O–H groups in total. The second-order valence-corrected chi connectivity index (χ2v) is 5.82. The molecule has 0 unspecified atom stereocenters. The van der Waals surface area contributed by atoms with Gasteiger partial charge in [0.25, 0.3) is 5.91 Å². The third-order valence-electron chi connectivity index (χ3n) is 3.66. The molecule has 1 atom stereocenters. The van der Waals surface area contributed by atoms with E-state index in [1.54, 1.807) is 33.9 Å². The monoisotopic (exact) mass is 331 g/mol. The van der Waals surface area contributed by atoms with Gasteiger partial charge in [0.1, 0.15) is 23.3 Å². The highest BCUT2D eigenvalue weighted by atomic mass is 16.5. The topological polar surface area (TPSA) is 104 Å². The van der Waals surface area contributed by atoms with Crippen molar-refractivity contribution in [2.24, 2.45) is 5.92 Å². The summed E-state index contributed by atoms with van der Waals surface area (Å²) in [6.07, 6.45) is 0. The summed E-state index contributed by atoms with van der Waals surface area (Å²) in [4.78, 5) is 31.0. The molecule has 1 heterocycles. The number of aromatic nitrogens is 2. The Balaban J connectivity index is 2.27. The first-order valence-electron chi connectivity index (χ1n) is 7.58. The molecule has 24 heavy (non-hydrogen) atoms. The van der Waals surface area contributed by atoms with Gasteiger partial charge < -0.3 is 20.1 Å². The molecule has 1 aromatic heterocycles. The molecule has 0 saturated carbocycles. The number of hydrogen-bond acceptors (Lipinski definition) is 4. The van der Waals surface area contributed by atoms with Crippen molar-refractivity contribution in [2.45, 2.75) is 26.8 Å². The van der Waals surface area contributed by atoms with Crippen LogP contribution in [-0.4, -0.2) is 40.1 Å². The molecule has 0 fully saturated rings. The second-order valence-electron chi connectivity index (χ2n) is 5.82. The first-order chi connectivity index (χ1) is 11.3. The van der Waals surface area contributed by atoms with E-state index in [4.69, 9.17) is 4.74 Å². The summed E-state index contributed by atoms with van der Waals surface area (Å²) in [5.41, 5.74) is 1.52. The van der Waals surface area contributed by atoms with Crippen LogP contribution in [0.3, 0.4) is 0 Å². The number of aryl methyl sites for hydroxylation is 1. The molecular weight excluding hydrogens is 310 g/mol. The number of carboxylic acid groups (broad SMARTS) is 1. The molecule has 128 valence electrons. The number of nitrogens with one attached hydrogen (secondary N) is 2. The van der Waals surface area contributed by atoms with Crippen LogP contribution in [0.4, 0.5) is 0 Å². The zero-order valence-corrected chi connectivity index (χ0v) is 14.1. The standard InChI is InChI=1S/C17H21N3O4/c1-9(2)13(17(22)23)20-16(21)14-10(3)18-15(19-14)11-6-5-7-12(8-11)24-4/h5-9,13H,1-4H3,(H,18,19)(H,20,21)(H,22,23)/t13-/m0/s1. The summed E-state index contributed by atoms with van der Waals surface area (Å²) < 4.78 is 5.18. The van der Waals surface area contributed by atoms with E-state index < -0.39 is 17.9 Å². The van der Waals surface area contributed by atoms with Crippen LogP contribution < -0.4 is 10.1 Å². The number of carbonyl (C=O) groups is 2. The number of methoxy groups -OCH3 is 1. The van der Waals surface area contributed by atoms with Gasteiger partial charge in [-0.25, -0.2) is 9.78 Å². The fourth-order valence-corrected chi connectivity index (χ4v) is 2.31. The number of carbonyl (C=O) groups excluding carboxylic acids is 1. The molecule has 0 spiro atoms. The molecule has 1 aromatic carbocycles. The van der Waals surface area contributed by atoms with E-state index in [-0.39, 0.29) is 11.6 Å². The lowest BCUT2D eigenvalue weighted by Gasteiger charge is -2.17. The Kier molecular flexibility index (Phi) is 5.23. The highest BCUT2D eigenvalue weighted by molar-refractivity contribution is 5.96. The van der Waals surface area contributed by atoms with Crippen LogP contribution in [-0.2, 0) is 4.79 Å². The highest BCUT2D eigenvalue weighted by Gasteiger charge is 2.26. The summed E-state index contributed by atoms with van der Waals surface area (Å²) >= 11 is 0. The number of benzene rings is 1. The Labute approximate surface area is 140 Å². The number of amides is 1. The normalized spacial score (nSPS) is 12.0. The number of aliphatic carboxylic acids is 1. The number of nitrogens with zero attached hydrogens (tertiary/aromatic N) is 1. The second kappa shape index (κ2) is 7.16. The largest absolute Gasteiger partial charge is 0.497 e. The molecule has 0 radical (unpaired) electrons. The molecule has 0 saturated heterocycles. The van der Waals surface area contributed by atoms with Crippen LogP contribution in [0.2, 0.25) is 0 Å². The van der Waals surface area contributed by atoms with E-state index >= 15 is 0 Å². The predicted molar refractivity (Wildman–Crippen MR) is 89.0 cm³/mol. The van der Waals surface area contributed by atoms with E-state index in [0.717, 1.165) is 5.56 Å². The first-order valence-corrected chi connectivity index (χ1v) is 7.58. The zero-order valence-electron chi connectivity index (χ0n) is 14.1. The van der Waals surface area contributed by atoms with Gasteiger partial charge in [-0.1, -0.05) is 26.0 Å². The van der Waals surface area contributed by atoms with E-state index in [9.17, 15) is 14.7 Å². The Morgan fingerprint density at radius 3 is 2.62 bits per heavy atom. The molecule has 7 nitrogen and oxygen atoms in total. The van der Waals surface area contributed by atoms with E-state index in [2.05, 4.69) is 15.3 Å². The number of imidazole rings is 1. The van der Waals surface area contributed by atoms with Crippen LogP contribution in [0.15, 0.2) is 24.3 Å². The molecule has 7 heteroatoms. The summed E-state index contributed by atoms with van der Waals surface area (Å²) in [7, 11) is 1.57. The molecule has 0 aliphatic carbocycles. The summed E-state index contributed by atoms with van der Waals surface area (Å²) in [5.74, 6) is -0.617. The van der Waals surface area contributed by atoms with Crippen molar-refractivity contribution in [1.82, 2.24) is 15.3 Å². The van der Waals surface area contributed by atoms with Crippen LogP contribution in [0.5, 0.6) is 5.75 Å². The fraction of sp³-hybridized carbons (Fsp3) is 0.353. The van der Waals surface area contributed by atoms with Gasteiger partial charge in [-0.15, -0.1) is 0 Å². The molecule has 0 aliphatic rings. The third kappa shape index (κ3) is 3.73. The van der Waals surface area contributed by atoms with Crippen molar-refractivity contribution >= 4 is 11.9 Å². The Bertz CT molecular complexity index is 752. The van der Waals surface area contributed by atoms with Gasteiger partial charge in [-0.05, 0) is 25.0 Å². The number of carboxylic acids is 1. The van der Waals surface area contributed by atoms with Gasteiger partial charge in [-0.3, -0.25) is 4.79 Å². The van der Waals surface area contributed by atoms with Gasteiger partial charge in [-0.2, -0.15) is 0 Å². The zero-order chi connectivity index (χ0) is 17.9. The Morgan fingerprint density at radius 2 is 2.04 bits per heavy atom. The first kappa shape index (κ1) is 17.5. The van der Waals surface area contributed by atoms with E-state index in [1.165, 1.54) is 0 Å². The molecule has 0 bridgehead atoms. The number of aromatic amines is 1. The number of rotatable bonds is 6. The molecule has 0 aliphatic heterocycles. The van der Waals surface area contributed by atoms with Gasteiger partial charge >= 0.3 is 5.97 Å². The Morgan fingerprint density at radius 1 is 1.33 bits per heavy atom. The van der Waals surface area contributed by atoms with E-state index in [1.807, 2.05) is 18.2 Å². The average molecular weight is 331 g/mol. The lowest BCUT2D eigenvalue weighted by atomic mass is 10.0. The van der Waals surface area contributed by atoms with Crippen LogP contribution in [0, 0.1) is 12.8 Å². The van der Waals surface area contributed by atoms with E-state index in [0.29, 0.717) is 17.3 Å². The van der Waals surface area contributed by atoms with Gasteiger partial charge in [0, 0.05) is 11.3 Å². The minimum Gasteiger partial charge on any atom is -0.497 e. The maximum absolute atomic E-state index is 12.4. The number of hydrogen-bond donors (Lipinski definition) is 3. The van der Waals surface area contributed by atoms with Crippen LogP contribution in [0.1, 0.15) is 30.0 Å². The SMILES string of the molecule is COc1cccc(-c2nc(C(=O)N[C@H](C(=O)O)C(C)C)c(C)[nH]2)c1. The predicted octanol–water partition coefficient (Wildman–Crippen LogP) is 2.23. The van der Waals surface area contributed by atoms with Crippen molar-refractivity contribution in [3.05, 3.63) is 35.7 Å². The quantitative estimate of drug-likeness (QED) is 0.753. The lowest BCUT2D eigenvalue weighted by molar-refractivity contribution is -0.140. The Hall–Kier alpha value is -2.83. The average Bonchev–Trinajstić information content (AvgIpc) is 2.93. The minimum absolute atomic E-state index is 0.180. The lowest BCUT2D eigenvalue weighted by Crippen LogP contribution is -2.44. The van der Waals surface area contributed by atoms with Crippen molar-refractivity contribution in [3.8, 4) is 17.1 Å². The van der Waals surface area contributed by atoms with Gasteiger partial charge in [0.15, 0.2) is 0 Å². The summed E-state index contributed by atoms with van der Waals surface area (Å²) in [5, 5.41) is 11.7. The summed E-state index contributed by atoms with van der Waals surface area (Å²) in [6, 6.07) is 6.32.